The van der Waals surface area contributed by atoms with Crippen molar-refractivity contribution in [2.75, 3.05) is 28.4 Å². The van der Waals surface area contributed by atoms with E-state index in [-0.39, 0.29) is 0 Å². The van der Waals surface area contributed by atoms with Crippen molar-refractivity contribution in [2.24, 2.45) is 0 Å². The standard InChI is InChI=1S/C8H19O4P/c1-6-7-8(9-2,10-3)13(11-4)12-5/h6-7H2,1-5H3. The first kappa shape index (κ1) is 13.3. The predicted octanol–water partition coefficient (Wildman–Crippen LogP) is 2.34. The van der Waals surface area contributed by atoms with Crippen molar-refractivity contribution >= 4 is 8.38 Å². The lowest BCUT2D eigenvalue weighted by molar-refractivity contribution is -0.155. The summed E-state index contributed by atoms with van der Waals surface area (Å²) < 4.78 is 21.0. The fourth-order valence-corrected chi connectivity index (χ4v) is 2.61. The van der Waals surface area contributed by atoms with E-state index in [2.05, 4.69) is 6.92 Å². The van der Waals surface area contributed by atoms with Crippen LogP contribution >= 0.6 is 8.38 Å². The number of hydrogen-bond acceptors (Lipinski definition) is 4. The Hall–Kier alpha value is 0.270. The van der Waals surface area contributed by atoms with Crippen LogP contribution in [0.25, 0.3) is 0 Å². The quantitative estimate of drug-likeness (QED) is 0.477. The lowest BCUT2D eigenvalue weighted by Crippen LogP contribution is -2.32. The van der Waals surface area contributed by atoms with Crippen LogP contribution in [0.15, 0.2) is 0 Å². The summed E-state index contributed by atoms with van der Waals surface area (Å²) in [5.74, 6) is 0. The fraction of sp³-hybridized carbons (Fsp3) is 1.00. The summed E-state index contributed by atoms with van der Waals surface area (Å²) >= 11 is 0. The van der Waals surface area contributed by atoms with E-state index in [0.717, 1.165) is 12.8 Å². The third-order valence-electron chi connectivity index (χ3n) is 1.81. The van der Waals surface area contributed by atoms with E-state index in [1.54, 1.807) is 28.4 Å². The van der Waals surface area contributed by atoms with E-state index in [1.807, 2.05) is 0 Å². The number of rotatable bonds is 7. The first-order valence-electron chi connectivity index (χ1n) is 4.19. The highest BCUT2D eigenvalue weighted by Gasteiger charge is 2.40. The number of methoxy groups -OCH3 is 2. The highest BCUT2D eigenvalue weighted by atomic mass is 31.2. The molecule has 0 aromatic heterocycles. The van der Waals surface area contributed by atoms with Crippen LogP contribution in [0.2, 0.25) is 0 Å². The lowest BCUT2D eigenvalue weighted by Gasteiger charge is -2.34. The van der Waals surface area contributed by atoms with Gasteiger partial charge in [0.2, 0.25) is 13.9 Å². The first-order valence-corrected chi connectivity index (χ1v) is 5.37. The second kappa shape index (κ2) is 6.68. The van der Waals surface area contributed by atoms with Crippen molar-refractivity contribution < 1.29 is 18.5 Å². The molecule has 0 heterocycles. The van der Waals surface area contributed by atoms with Crippen molar-refractivity contribution in [3.63, 3.8) is 0 Å². The zero-order valence-corrected chi connectivity index (χ0v) is 9.89. The Morgan fingerprint density at radius 3 is 1.69 bits per heavy atom. The maximum absolute atomic E-state index is 5.33. The molecule has 80 valence electrons. The third-order valence-corrected chi connectivity index (χ3v) is 3.62. The molecule has 0 N–H and O–H groups in total. The second-order valence-electron chi connectivity index (χ2n) is 2.49. The molecule has 0 rings (SSSR count). The monoisotopic (exact) mass is 210 g/mol. The third kappa shape index (κ3) is 3.15. The van der Waals surface area contributed by atoms with Crippen molar-refractivity contribution in [2.45, 2.75) is 25.3 Å². The van der Waals surface area contributed by atoms with Crippen molar-refractivity contribution in [3.8, 4) is 0 Å². The van der Waals surface area contributed by atoms with E-state index < -0.39 is 13.9 Å². The van der Waals surface area contributed by atoms with E-state index in [4.69, 9.17) is 18.5 Å². The average molecular weight is 210 g/mol. The smallest absolute Gasteiger partial charge is 0.239 e. The summed E-state index contributed by atoms with van der Waals surface area (Å²) in [5.41, 5.74) is -0.729. The molecule has 0 aromatic rings. The minimum Gasteiger partial charge on any atom is -0.346 e. The average Bonchev–Trinajstić information content (AvgIpc) is 2.18. The molecule has 0 unspecified atom stereocenters. The Kier molecular flexibility index (Phi) is 6.82. The molecule has 0 bridgehead atoms. The highest BCUT2D eigenvalue weighted by molar-refractivity contribution is 7.48. The Labute approximate surface area is 81.4 Å². The molecule has 4 nitrogen and oxygen atoms in total. The molecule has 0 aromatic carbocycles. The van der Waals surface area contributed by atoms with Crippen molar-refractivity contribution in [3.05, 3.63) is 0 Å². The molecule has 0 atom stereocenters. The summed E-state index contributed by atoms with van der Waals surface area (Å²) in [7, 11) is 5.24. The van der Waals surface area contributed by atoms with Gasteiger partial charge in [-0.2, -0.15) is 0 Å². The maximum atomic E-state index is 5.33. The van der Waals surface area contributed by atoms with Gasteiger partial charge in [0.1, 0.15) is 0 Å². The minimum absolute atomic E-state index is 0.729. The van der Waals surface area contributed by atoms with Gasteiger partial charge in [0.25, 0.3) is 0 Å². The zero-order chi connectivity index (χ0) is 10.3. The van der Waals surface area contributed by atoms with E-state index in [1.165, 1.54) is 0 Å². The number of ether oxygens (including phenoxy) is 2. The van der Waals surface area contributed by atoms with Crippen molar-refractivity contribution in [1.29, 1.82) is 0 Å². The van der Waals surface area contributed by atoms with Gasteiger partial charge < -0.3 is 18.5 Å². The topological polar surface area (TPSA) is 36.9 Å². The van der Waals surface area contributed by atoms with E-state index >= 15 is 0 Å². The molecule has 5 heteroatoms. The SMILES string of the molecule is CCCC(OC)(OC)P(OC)OC. The molecule has 0 aliphatic carbocycles. The van der Waals surface area contributed by atoms with Gasteiger partial charge in [-0.25, -0.2) is 0 Å². The van der Waals surface area contributed by atoms with Crippen LogP contribution in [0.3, 0.4) is 0 Å². The Bertz CT molecular complexity index is 123. The Morgan fingerprint density at radius 2 is 1.46 bits per heavy atom. The van der Waals surface area contributed by atoms with Crippen LogP contribution in [0, 0.1) is 0 Å². The van der Waals surface area contributed by atoms with Gasteiger partial charge in [0, 0.05) is 34.9 Å². The van der Waals surface area contributed by atoms with Crippen LogP contribution in [-0.2, 0) is 18.5 Å². The Balaban J connectivity index is 4.50. The number of hydrogen-bond donors (Lipinski definition) is 0. The molecular weight excluding hydrogens is 191 g/mol. The van der Waals surface area contributed by atoms with Gasteiger partial charge in [0.15, 0.2) is 0 Å². The molecule has 0 fully saturated rings. The van der Waals surface area contributed by atoms with Gasteiger partial charge in [0.05, 0.1) is 0 Å². The molecule has 0 amide bonds. The Morgan fingerprint density at radius 1 is 1.00 bits per heavy atom. The van der Waals surface area contributed by atoms with Crippen LogP contribution < -0.4 is 0 Å². The van der Waals surface area contributed by atoms with Crippen molar-refractivity contribution in [1.82, 2.24) is 0 Å². The van der Waals surface area contributed by atoms with Gasteiger partial charge in [-0.1, -0.05) is 13.3 Å². The van der Waals surface area contributed by atoms with Gasteiger partial charge in [-0.05, 0) is 0 Å². The summed E-state index contributed by atoms with van der Waals surface area (Å²) in [6.45, 7) is 2.06. The van der Waals surface area contributed by atoms with Gasteiger partial charge in [-0.15, -0.1) is 0 Å². The first-order chi connectivity index (χ1) is 6.20. The lowest BCUT2D eigenvalue weighted by atomic mass is 10.3. The maximum Gasteiger partial charge on any atom is 0.239 e. The van der Waals surface area contributed by atoms with Crippen LogP contribution in [0.5, 0.6) is 0 Å². The highest BCUT2D eigenvalue weighted by Crippen LogP contribution is 2.53. The summed E-state index contributed by atoms with van der Waals surface area (Å²) in [5, 5.41) is 0. The normalized spacial score (nSPS) is 12.5. The molecule has 0 saturated heterocycles. The summed E-state index contributed by atoms with van der Waals surface area (Å²) in [6.07, 6.45) is 1.71. The zero-order valence-electron chi connectivity index (χ0n) is 8.99. The molecule has 0 aliphatic rings. The minimum atomic E-state index is -1.15. The molecule has 0 aliphatic heterocycles. The van der Waals surface area contributed by atoms with E-state index in [9.17, 15) is 0 Å². The van der Waals surface area contributed by atoms with Gasteiger partial charge >= 0.3 is 0 Å². The van der Waals surface area contributed by atoms with Crippen LogP contribution in [0.4, 0.5) is 0 Å². The van der Waals surface area contributed by atoms with Crippen LogP contribution in [0.1, 0.15) is 19.8 Å². The predicted molar refractivity (Wildman–Crippen MR) is 52.6 cm³/mol. The molecule has 0 spiro atoms. The van der Waals surface area contributed by atoms with Crippen LogP contribution in [-0.4, -0.2) is 34.0 Å². The largest absolute Gasteiger partial charge is 0.346 e. The van der Waals surface area contributed by atoms with Gasteiger partial charge in [-0.3, -0.25) is 0 Å². The molecule has 0 saturated carbocycles. The molecule has 13 heavy (non-hydrogen) atoms. The summed E-state index contributed by atoms with van der Waals surface area (Å²) in [4.78, 5) is 0. The second-order valence-corrected chi connectivity index (χ2v) is 4.42. The summed E-state index contributed by atoms with van der Waals surface area (Å²) in [6, 6.07) is 0. The molecular formula is C8H19O4P. The van der Waals surface area contributed by atoms with E-state index in [0.29, 0.717) is 0 Å². The fourth-order valence-electron chi connectivity index (χ4n) is 1.20. The molecule has 0 radical (unpaired) electrons.